The van der Waals surface area contributed by atoms with E-state index in [0.29, 0.717) is 19.5 Å². The van der Waals surface area contributed by atoms with E-state index < -0.39 is 83.6 Å². The fourth-order valence-corrected chi connectivity index (χ4v) is 10.1. The minimum absolute atomic E-state index is 0.0657. The monoisotopic (exact) mass is 909 g/mol. The summed E-state index contributed by atoms with van der Waals surface area (Å²) in [5, 5.41) is 34.4. The Hall–Kier alpha value is -2.32. The van der Waals surface area contributed by atoms with E-state index in [1.165, 1.54) is 7.11 Å². The molecule has 0 radical (unpaired) electrons. The van der Waals surface area contributed by atoms with E-state index in [-0.39, 0.29) is 42.9 Å². The number of hydrogen-bond acceptors (Lipinski definition) is 15. The van der Waals surface area contributed by atoms with E-state index in [2.05, 4.69) is 41.7 Å². The van der Waals surface area contributed by atoms with Gasteiger partial charge in [0.2, 0.25) is 0 Å². The lowest BCUT2D eigenvalue weighted by atomic mass is 9.74. The minimum Gasteiger partial charge on any atom is -0.496 e. The van der Waals surface area contributed by atoms with Gasteiger partial charge in [0.05, 0.1) is 49.1 Å². The average Bonchev–Trinajstić information content (AvgIpc) is 3.22. The van der Waals surface area contributed by atoms with Crippen molar-refractivity contribution in [1.82, 2.24) is 14.7 Å². The summed E-state index contributed by atoms with van der Waals surface area (Å²) in [4.78, 5) is 33.2. The normalized spacial score (nSPS) is 31.9. The van der Waals surface area contributed by atoms with Gasteiger partial charge in [0.15, 0.2) is 18.4 Å². The molecular weight excluding hydrogens is 825 g/mol. The second-order valence-corrected chi connectivity index (χ2v) is 20.1. The maximum absolute atomic E-state index is 13.8. The molecule has 3 saturated heterocycles. The molecule has 3 heterocycles. The standard InChI is InChI=1S/C48H84N4O12/c1-29(39(53)33(5)52-21-18-22-52)26-46(9,59-14)42(64-44-40(54)36(49)25-30(2)61-44)31(3)41(32(4)43(55)56)63-38-27-47(10,60-15)48(57,34(6)62-38)28-50(11)23-24-51(12)45(7,8)35-19-16-17-20-37(35)58-13/h16-17,19-20,29-34,36,38,40-42,44,54,57H,18,21-28,49H2,1-15H3,(H,55,56)/t29-,30-,31+,32-,33+,34+,36+,38+,40-,41+,42-,44+,46+,47-,48-/m1/s1. The van der Waals surface area contributed by atoms with Crippen molar-refractivity contribution in [1.29, 1.82) is 0 Å². The Morgan fingerprint density at radius 1 is 1.02 bits per heavy atom. The number of ketones is 1. The lowest BCUT2D eigenvalue weighted by Gasteiger charge is -2.54. The van der Waals surface area contributed by atoms with Crippen LogP contribution in [0.5, 0.6) is 5.75 Å². The SMILES string of the molecule is COc1ccccc1C(C)(C)N(C)CCN(C)C[C@@]1(O)[C@H](C)O[C@@H](O[C@@H]([C@H](C)[C@@H](O[C@@H]2O[C@H](C)C[C@H](N)[C@H]2O)[C@](C)(C[C@@H](C)C(=O)[C@H](C)N2CCC2)OC)[C@@H](C)C(=O)O)C[C@@]1(C)OC. The van der Waals surface area contributed by atoms with Crippen molar-refractivity contribution in [2.24, 2.45) is 23.5 Å². The molecule has 1 aromatic rings. The summed E-state index contributed by atoms with van der Waals surface area (Å²) in [6.07, 6.45) is -4.80. The molecule has 0 aliphatic carbocycles. The largest absolute Gasteiger partial charge is 0.496 e. The predicted molar refractivity (Wildman–Crippen MR) is 244 cm³/mol. The van der Waals surface area contributed by atoms with Crippen LogP contribution < -0.4 is 10.5 Å². The maximum Gasteiger partial charge on any atom is 0.308 e. The van der Waals surface area contributed by atoms with E-state index in [9.17, 15) is 24.9 Å². The van der Waals surface area contributed by atoms with E-state index in [1.54, 1.807) is 28.1 Å². The van der Waals surface area contributed by atoms with Crippen molar-refractivity contribution in [2.45, 2.75) is 172 Å². The Bertz CT molecular complexity index is 1670. The number of likely N-dealkylation sites (N-methyl/N-ethyl adjacent to an activating group) is 2. The first-order chi connectivity index (χ1) is 29.8. The van der Waals surface area contributed by atoms with Crippen LogP contribution in [0, 0.1) is 17.8 Å². The highest BCUT2D eigenvalue weighted by Crippen LogP contribution is 2.44. The quantitative estimate of drug-likeness (QED) is 0.116. The summed E-state index contributed by atoms with van der Waals surface area (Å²) in [6.45, 7) is 22.0. The first-order valence-electron chi connectivity index (χ1n) is 23.2. The number of aliphatic carboxylic acids is 1. The van der Waals surface area contributed by atoms with Gasteiger partial charge in [-0.25, -0.2) is 0 Å². The highest BCUT2D eigenvalue weighted by atomic mass is 16.7. The number of benzene rings is 1. The highest BCUT2D eigenvalue weighted by molar-refractivity contribution is 5.85. The van der Waals surface area contributed by atoms with Crippen LogP contribution in [0.1, 0.15) is 100 Å². The van der Waals surface area contributed by atoms with Gasteiger partial charge in [0.1, 0.15) is 23.1 Å². The molecular formula is C48H84N4O12. The molecule has 1 aromatic carbocycles. The third kappa shape index (κ3) is 11.9. The number of para-hydroxylation sites is 1. The zero-order valence-electron chi connectivity index (χ0n) is 41.5. The predicted octanol–water partition coefficient (Wildman–Crippen LogP) is 4.11. The van der Waals surface area contributed by atoms with Crippen LogP contribution in [-0.4, -0.2) is 182 Å². The number of nitrogens with two attached hydrogens (primary N) is 1. The minimum atomic E-state index is -1.51. The molecule has 3 fully saturated rings. The topological polar surface area (TPSA) is 195 Å². The number of Topliss-reactive ketones (excluding diaryl/α,β-unsaturated/α-hetero) is 1. The van der Waals surface area contributed by atoms with Crippen LogP contribution in [0.3, 0.4) is 0 Å². The number of nitrogens with zero attached hydrogens (tertiary/aromatic N) is 3. The van der Waals surface area contributed by atoms with Gasteiger partial charge < -0.3 is 59.1 Å². The Morgan fingerprint density at radius 3 is 2.22 bits per heavy atom. The lowest BCUT2D eigenvalue weighted by molar-refractivity contribution is -0.338. The summed E-state index contributed by atoms with van der Waals surface area (Å²) in [6, 6.07) is 7.09. The number of carbonyl (C=O) groups is 2. The third-order valence-corrected chi connectivity index (χ3v) is 15.3. The highest BCUT2D eigenvalue weighted by Gasteiger charge is 2.59. The van der Waals surface area contributed by atoms with Gasteiger partial charge in [0.25, 0.3) is 0 Å². The first-order valence-corrected chi connectivity index (χ1v) is 23.2. The molecule has 3 aliphatic rings. The van der Waals surface area contributed by atoms with Gasteiger partial charge in [-0.3, -0.25) is 19.4 Å². The van der Waals surface area contributed by atoms with Crippen molar-refractivity contribution in [2.75, 3.05) is 68.1 Å². The molecule has 16 nitrogen and oxygen atoms in total. The number of ether oxygens (including phenoxy) is 7. The molecule has 3 aliphatic heterocycles. The van der Waals surface area contributed by atoms with E-state index in [1.807, 2.05) is 66.8 Å². The number of rotatable bonds is 24. The van der Waals surface area contributed by atoms with Crippen molar-refractivity contribution in [3.63, 3.8) is 0 Å². The second-order valence-electron chi connectivity index (χ2n) is 20.1. The number of likely N-dealkylation sites (tertiary alicyclic amines) is 1. The van der Waals surface area contributed by atoms with Crippen molar-refractivity contribution < 1.29 is 58.1 Å². The van der Waals surface area contributed by atoms with Crippen LogP contribution in [0.2, 0.25) is 0 Å². The lowest BCUT2D eigenvalue weighted by Crippen LogP contribution is -2.70. The van der Waals surface area contributed by atoms with E-state index in [4.69, 9.17) is 38.9 Å². The van der Waals surface area contributed by atoms with E-state index in [0.717, 1.165) is 30.8 Å². The van der Waals surface area contributed by atoms with Gasteiger partial charge in [-0.2, -0.15) is 0 Å². The molecule has 0 saturated carbocycles. The number of aliphatic hydroxyl groups excluding tert-OH is 1. The van der Waals surface area contributed by atoms with Gasteiger partial charge >= 0.3 is 5.97 Å². The Labute approximate surface area is 383 Å². The summed E-state index contributed by atoms with van der Waals surface area (Å²) < 4.78 is 44.3. The van der Waals surface area contributed by atoms with Gasteiger partial charge in [0, 0.05) is 82.3 Å². The summed E-state index contributed by atoms with van der Waals surface area (Å²) in [5.74, 6) is -2.54. The summed E-state index contributed by atoms with van der Waals surface area (Å²) >= 11 is 0. The van der Waals surface area contributed by atoms with E-state index >= 15 is 0 Å². The Balaban J connectivity index is 1.59. The molecule has 0 aromatic heterocycles. The number of hydrogen-bond donors (Lipinski definition) is 4. The number of methoxy groups -OCH3 is 3. The first kappa shape index (κ1) is 54.3. The van der Waals surface area contributed by atoms with Crippen molar-refractivity contribution in [3.8, 4) is 5.75 Å². The average molecular weight is 909 g/mol. The molecule has 0 bridgehead atoms. The Morgan fingerprint density at radius 2 is 1.66 bits per heavy atom. The molecule has 368 valence electrons. The second kappa shape index (κ2) is 22.2. The number of carboxylic acids is 1. The Kier molecular flexibility index (Phi) is 18.8. The fraction of sp³-hybridized carbons (Fsp3) is 0.833. The summed E-state index contributed by atoms with van der Waals surface area (Å²) in [7, 11) is 8.78. The van der Waals surface area contributed by atoms with Crippen LogP contribution in [-0.2, 0) is 43.5 Å². The number of aliphatic hydroxyl groups is 2. The van der Waals surface area contributed by atoms with Gasteiger partial charge in [-0.05, 0) is 94.8 Å². The smallest absolute Gasteiger partial charge is 0.308 e. The zero-order chi connectivity index (χ0) is 48.1. The number of carboxylic acid groups (broad SMARTS) is 1. The molecule has 0 amide bonds. The molecule has 64 heavy (non-hydrogen) atoms. The molecule has 0 unspecified atom stereocenters. The van der Waals surface area contributed by atoms with Gasteiger partial charge in [-0.15, -0.1) is 0 Å². The van der Waals surface area contributed by atoms with Gasteiger partial charge in [-0.1, -0.05) is 32.0 Å². The molecule has 15 atom stereocenters. The maximum atomic E-state index is 13.8. The number of carbonyl (C=O) groups excluding carboxylic acids is 1. The third-order valence-electron chi connectivity index (χ3n) is 15.3. The van der Waals surface area contributed by atoms with Crippen LogP contribution in [0.15, 0.2) is 24.3 Å². The van der Waals surface area contributed by atoms with Crippen molar-refractivity contribution in [3.05, 3.63) is 29.8 Å². The summed E-state index contributed by atoms with van der Waals surface area (Å²) in [5.41, 5.74) is 3.16. The molecule has 5 N–H and O–H groups in total. The molecule has 16 heteroatoms. The van der Waals surface area contributed by atoms with Crippen LogP contribution in [0.25, 0.3) is 0 Å². The fourth-order valence-electron chi connectivity index (χ4n) is 10.1. The van der Waals surface area contributed by atoms with Crippen molar-refractivity contribution >= 4 is 11.8 Å². The van der Waals surface area contributed by atoms with Crippen LogP contribution in [0.4, 0.5) is 0 Å². The molecule has 0 spiro atoms. The molecule has 4 rings (SSSR count). The van der Waals surface area contributed by atoms with Crippen LogP contribution >= 0.6 is 0 Å². The zero-order valence-corrected chi connectivity index (χ0v) is 41.5.